The quantitative estimate of drug-likeness (QED) is 0.533. The Kier molecular flexibility index (Phi) is 4.36. The zero-order chi connectivity index (χ0) is 9.52. The molecular formula is C10H17NO2. The smallest absolute Gasteiger partial charge is 0.331 e. The minimum absolute atomic E-state index is 0.302. The molecule has 0 heterocycles. The van der Waals surface area contributed by atoms with Crippen molar-refractivity contribution in [2.24, 2.45) is 0 Å². The molecule has 0 aromatic rings. The van der Waals surface area contributed by atoms with Gasteiger partial charge in [0, 0.05) is 18.3 Å². The summed E-state index contributed by atoms with van der Waals surface area (Å²) in [6.07, 6.45) is 9.49. The van der Waals surface area contributed by atoms with Gasteiger partial charge in [-0.25, -0.2) is 4.79 Å². The minimum atomic E-state index is -0.302. The van der Waals surface area contributed by atoms with Crippen molar-refractivity contribution in [1.29, 1.82) is 0 Å². The SMILES string of the molecule is COC(=O)/C=C\NC1CCCCC1. The summed E-state index contributed by atoms with van der Waals surface area (Å²) in [5.41, 5.74) is 0. The Morgan fingerprint density at radius 2 is 2.08 bits per heavy atom. The highest BCUT2D eigenvalue weighted by Gasteiger charge is 2.10. The lowest BCUT2D eigenvalue weighted by atomic mass is 9.96. The molecule has 0 bridgehead atoms. The van der Waals surface area contributed by atoms with E-state index in [1.807, 2.05) is 0 Å². The number of rotatable bonds is 3. The summed E-state index contributed by atoms with van der Waals surface area (Å²) in [6.45, 7) is 0. The van der Waals surface area contributed by atoms with E-state index >= 15 is 0 Å². The van der Waals surface area contributed by atoms with E-state index in [9.17, 15) is 4.79 Å². The van der Waals surface area contributed by atoms with Gasteiger partial charge in [0.25, 0.3) is 0 Å². The number of ether oxygens (including phenoxy) is 1. The van der Waals surface area contributed by atoms with E-state index in [0.29, 0.717) is 6.04 Å². The molecule has 0 spiro atoms. The summed E-state index contributed by atoms with van der Waals surface area (Å²) in [6, 6.07) is 0.551. The van der Waals surface area contributed by atoms with Gasteiger partial charge in [-0.05, 0) is 12.8 Å². The van der Waals surface area contributed by atoms with Crippen molar-refractivity contribution >= 4 is 5.97 Å². The van der Waals surface area contributed by atoms with Crippen LogP contribution in [0, 0.1) is 0 Å². The summed E-state index contributed by atoms with van der Waals surface area (Å²) in [5, 5.41) is 3.21. The van der Waals surface area contributed by atoms with Gasteiger partial charge in [0.2, 0.25) is 0 Å². The molecule has 1 rings (SSSR count). The monoisotopic (exact) mass is 183 g/mol. The van der Waals surface area contributed by atoms with Crippen LogP contribution in [0.5, 0.6) is 0 Å². The third-order valence-corrected chi connectivity index (χ3v) is 2.36. The summed E-state index contributed by atoms with van der Waals surface area (Å²) in [7, 11) is 1.38. The van der Waals surface area contributed by atoms with E-state index in [0.717, 1.165) is 0 Å². The topological polar surface area (TPSA) is 38.3 Å². The predicted octanol–water partition coefficient (Wildman–Crippen LogP) is 1.60. The highest BCUT2D eigenvalue weighted by atomic mass is 16.5. The van der Waals surface area contributed by atoms with Crippen molar-refractivity contribution in [2.45, 2.75) is 38.1 Å². The lowest BCUT2D eigenvalue weighted by Gasteiger charge is -2.21. The molecule has 74 valence electrons. The molecule has 0 aliphatic heterocycles. The summed E-state index contributed by atoms with van der Waals surface area (Å²) in [5.74, 6) is -0.302. The van der Waals surface area contributed by atoms with Gasteiger partial charge in [-0.15, -0.1) is 0 Å². The van der Waals surface area contributed by atoms with E-state index in [2.05, 4.69) is 10.1 Å². The Hall–Kier alpha value is -0.990. The van der Waals surface area contributed by atoms with E-state index in [4.69, 9.17) is 0 Å². The van der Waals surface area contributed by atoms with Gasteiger partial charge < -0.3 is 10.1 Å². The molecule has 1 N–H and O–H groups in total. The molecule has 0 amide bonds. The average Bonchev–Trinajstić information content (AvgIpc) is 2.19. The number of carbonyl (C=O) groups is 1. The zero-order valence-electron chi connectivity index (χ0n) is 8.08. The molecule has 13 heavy (non-hydrogen) atoms. The van der Waals surface area contributed by atoms with Crippen LogP contribution >= 0.6 is 0 Å². The number of hydrogen-bond acceptors (Lipinski definition) is 3. The third-order valence-electron chi connectivity index (χ3n) is 2.36. The number of esters is 1. The number of hydrogen-bond donors (Lipinski definition) is 1. The molecule has 0 unspecified atom stereocenters. The van der Waals surface area contributed by atoms with Gasteiger partial charge in [-0.3, -0.25) is 0 Å². The second-order valence-electron chi connectivity index (χ2n) is 3.36. The first kappa shape index (κ1) is 10.1. The van der Waals surface area contributed by atoms with Crippen LogP contribution in [0.4, 0.5) is 0 Å². The largest absolute Gasteiger partial charge is 0.466 e. The number of nitrogens with one attached hydrogen (secondary N) is 1. The molecule has 1 fully saturated rings. The first-order valence-electron chi connectivity index (χ1n) is 4.83. The summed E-state index contributed by atoms with van der Waals surface area (Å²) >= 11 is 0. The molecule has 1 aliphatic rings. The van der Waals surface area contributed by atoms with Crippen LogP contribution in [0.15, 0.2) is 12.3 Å². The number of carbonyl (C=O) groups excluding carboxylic acids is 1. The third kappa shape index (κ3) is 3.97. The van der Waals surface area contributed by atoms with Crippen LogP contribution in [0.25, 0.3) is 0 Å². The normalized spacial score (nSPS) is 18.8. The second kappa shape index (κ2) is 5.62. The van der Waals surface area contributed by atoms with Gasteiger partial charge >= 0.3 is 5.97 Å². The average molecular weight is 183 g/mol. The van der Waals surface area contributed by atoms with Crippen molar-refractivity contribution in [3.05, 3.63) is 12.3 Å². The molecule has 0 aromatic heterocycles. The van der Waals surface area contributed by atoms with Crippen molar-refractivity contribution < 1.29 is 9.53 Å². The van der Waals surface area contributed by atoms with Crippen LogP contribution in [-0.4, -0.2) is 19.1 Å². The van der Waals surface area contributed by atoms with Crippen LogP contribution in [0.3, 0.4) is 0 Å². The Morgan fingerprint density at radius 3 is 2.69 bits per heavy atom. The fraction of sp³-hybridized carbons (Fsp3) is 0.700. The Bertz CT molecular complexity index is 183. The van der Waals surface area contributed by atoms with Crippen molar-refractivity contribution in [3.8, 4) is 0 Å². The molecule has 1 aliphatic carbocycles. The van der Waals surface area contributed by atoms with Gasteiger partial charge in [0.05, 0.1) is 7.11 Å². The maximum Gasteiger partial charge on any atom is 0.331 e. The van der Waals surface area contributed by atoms with Crippen LogP contribution < -0.4 is 5.32 Å². The van der Waals surface area contributed by atoms with Crippen molar-refractivity contribution in [1.82, 2.24) is 5.32 Å². The van der Waals surface area contributed by atoms with Crippen LogP contribution in [0.2, 0.25) is 0 Å². The highest BCUT2D eigenvalue weighted by molar-refractivity contribution is 5.81. The van der Waals surface area contributed by atoms with E-state index < -0.39 is 0 Å². The molecular weight excluding hydrogens is 166 g/mol. The first-order chi connectivity index (χ1) is 6.33. The van der Waals surface area contributed by atoms with Gasteiger partial charge in [0.1, 0.15) is 0 Å². The fourth-order valence-corrected chi connectivity index (χ4v) is 1.59. The van der Waals surface area contributed by atoms with Gasteiger partial charge in [-0.1, -0.05) is 19.3 Å². The van der Waals surface area contributed by atoms with E-state index in [-0.39, 0.29) is 5.97 Å². The van der Waals surface area contributed by atoms with Crippen LogP contribution in [-0.2, 0) is 9.53 Å². The van der Waals surface area contributed by atoms with Gasteiger partial charge in [0.15, 0.2) is 0 Å². The van der Waals surface area contributed by atoms with E-state index in [1.54, 1.807) is 6.20 Å². The Labute approximate surface area is 79.2 Å². The summed E-state index contributed by atoms with van der Waals surface area (Å²) in [4.78, 5) is 10.7. The summed E-state index contributed by atoms with van der Waals surface area (Å²) < 4.78 is 4.47. The lowest BCUT2D eigenvalue weighted by molar-refractivity contribution is -0.134. The molecule has 0 radical (unpaired) electrons. The van der Waals surface area contributed by atoms with Crippen molar-refractivity contribution in [2.75, 3.05) is 7.11 Å². The second-order valence-corrected chi connectivity index (χ2v) is 3.36. The fourth-order valence-electron chi connectivity index (χ4n) is 1.59. The Morgan fingerprint density at radius 1 is 1.38 bits per heavy atom. The molecule has 0 aromatic carbocycles. The molecule has 1 saturated carbocycles. The predicted molar refractivity (Wildman–Crippen MR) is 51.2 cm³/mol. The highest BCUT2D eigenvalue weighted by Crippen LogP contribution is 2.17. The zero-order valence-corrected chi connectivity index (χ0v) is 8.08. The van der Waals surface area contributed by atoms with E-state index in [1.165, 1.54) is 45.3 Å². The molecule has 0 saturated heterocycles. The van der Waals surface area contributed by atoms with Gasteiger partial charge in [-0.2, -0.15) is 0 Å². The Balaban J connectivity index is 2.16. The maximum atomic E-state index is 10.7. The molecule has 3 nitrogen and oxygen atoms in total. The maximum absolute atomic E-state index is 10.7. The first-order valence-corrected chi connectivity index (χ1v) is 4.83. The van der Waals surface area contributed by atoms with Crippen LogP contribution in [0.1, 0.15) is 32.1 Å². The number of methoxy groups -OCH3 is 1. The lowest BCUT2D eigenvalue weighted by Crippen LogP contribution is -2.26. The van der Waals surface area contributed by atoms with Crippen molar-refractivity contribution in [3.63, 3.8) is 0 Å². The molecule has 3 heteroatoms. The molecule has 0 atom stereocenters. The standard InChI is InChI=1S/C10H17NO2/c1-13-10(12)7-8-11-9-5-3-2-4-6-9/h7-9,11H,2-6H2,1H3/b8-7-. The minimum Gasteiger partial charge on any atom is -0.466 e.